The van der Waals surface area contributed by atoms with Crippen LogP contribution in [0.15, 0.2) is 53.4 Å². The molecule has 208 valence electrons. The monoisotopic (exact) mass is 551 g/mol. The lowest BCUT2D eigenvalue weighted by Gasteiger charge is -2.33. The zero-order valence-corrected chi connectivity index (χ0v) is 23.8. The lowest BCUT2D eigenvalue weighted by Crippen LogP contribution is -2.43. The SMILES string of the molecule is Cc1ccc2nc(N3CCS(O)(O)c4ccccc4C3)cc(C(=O)C3CCN(C(=O)OC(C)(C)C)CC3)c2c1. The minimum atomic E-state index is -2.91. The molecular weight excluding hydrogens is 514 g/mol. The molecule has 39 heavy (non-hydrogen) atoms. The first-order valence-corrected chi connectivity index (χ1v) is 15.2. The topological polar surface area (TPSA) is 103 Å². The van der Waals surface area contributed by atoms with E-state index in [1.54, 1.807) is 11.0 Å². The van der Waals surface area contributed by atoms with Gasteiger partial charge < -0.3 is 14.5 Å². The van der Waals surface area contributed by atoms with Crippen molar-refractivity contribution in [3.05, 3.63) is 65.2 Å². The molecule has 3 heterocycles. The number of carbonyl (C=O) groups excluding carboxylic acids is 2. The summed E-state index contributed by atoms with van der Waals surface area (Å²) in [7, 11) is -2.91. The number of hydrogen-bond donors (Lipinski definition) is 2. The van der Waals surface area contributed by atoms with Gasteiger partial charge in [-0.3, -0.25) is 13.9 Å². The largest absolute Gasteiger partial charge is 0.444 e. The number of anilines is 1. The van der Waals surface area contributed by atoms with Gasteiger partial charge in [-0.05, 0) is 70.4 Å². The van der Waals surface area contributed by atoms with E-state index in [2.05, 4.69) is 0 Å². The van der Waals surface area contributed by atoms with E-state index < -0.39 is 16.2 Å². The Labute approximate surface area is 231 Å². The number of likely N-dealkylation sites (tertiary alicyclic amines) is 1. The van der Waals surface area contributed by atoms with Gasteiger partial charge in [0.1, 0.15) is 11.4 Å². The molecule has 9 heteroatoms. The minimum absolute atomic E-state index is 0.0533. The highest BCUT2D eigenvalue weighted by molar-refractivity contribution is 8.24. The summed E-state index contributed by atoms with van der Waals surface area (Å²) >= 11 is 0. The fourth-order valence-corrected chi connectivity index (χ4v) is 6.89. The van der Waals surface area contributed by atoms with Crippen LogP contribution >= 0.6 is 10.6 Å². The van der Waals surface area contributed by atoms with Crippen molar-refractivity contribution < 1.29 is 23.4 Å². The van der Waals surface area contributed by atoms with Crippen LogP contribution in [0.2, 0.25) is 0 Å². The average molecular weight is 552 g/mol. The molecule has 0 spiro atoms. The number of Topliss-reactive ketones (excluding diaryl/α,β-unsaturated/α-hetero) is 1. The Hall–Kier alpha value is -3.14. The van der Waals surface area contributed by atoms with E-state index in [0.29, 0.717) is 55.3 Å². The number of rotatable bonds is 3. The summed E-state index contributed by atoms with van der Waals surface area (Å²) in [6.07, 6.45) is 0.801. The van der Waals surface area contributed by atoms with Gasteiger partial charge in [-0.1, -0.05) is 29.8 Å². The van der Waals surface area contributed by atoms with Gasteiger partial charge in [-0.2, -0.15) is 10.6 Å². The molecule has 1 saturated heterocycles. The normalized spacial score (nSPS) is 18.8. The Morgan fingerprint density at radius 2 is 1.74 bits per heavy atom. The number of ketones is 1. The molecule has 1 aromatic heterocycles. The van der Waals surface area contributed by atoms with Gasteiger partial charge in [0.25, 0.3) is 0 Å². The number of pyridine rings is 1. The first-order chi connectivity index (χ1) is 18.4. The summed E-state index contributed by atoms with van der Waals surface area (Å²) in [4.78, 5) is 35.7. The highest BCUT2D eigenvalue weighted by atomic mass is 32.3. The quantitative estimate of drug-likeness (QED) is 0.358. The molecule has 2 aliphatic heterocycles. The highest BCUT2D eigenvalue weighted by Crippen LogP contribution is 2.51. The Kier molecular flexibility index (Phi) is 7.35. The van der Waals surface area contributed by atoms with Crippen molar-refractivity contribution in [3.8, 4) is 0 Å². The van der Waals surface area contributed by atoms with Gasteiger partial charge >= 0.3 is 6.09 Å². The molecule has 8 nitrogen and oxygen atoms in total. The van der Waals surface area contributed by atoms with Crippen LogP contribution in [-0.2, 0) is 11.3 Å². The van der Waals surface area contributed by atoms with E-state index in [4.69, 9.17) is 9.72 Å². The molecule has 0 unspecified atom stereocenters. The minimum Gasteiger partial charge on any atom is -0.444 e. The predicted molar refractivity (Wildman–Crippen MR) is 155 cm³/mol. The first kappa shape index (κ1) is 27.4. The molecule has 0 atom stereocenters. The molecule has 5 rings (SSSR count). The van der Waals surface area contributed by atoms with Gasteiger partial charge in [0.05, 0.1) is 16.2 Å². The molecule has 2 aromatic carbocycles. The summed E-state index contributed by atoms with van der Waals surface area (Å²) in [6.45, 7) is 9.36. The molecule has 0 saturated carbocycles. The van der Waals surface area contributed by atoms with Crippen LogP contribution in [0, 0.1) is 12.8 Å². The number of carbonyl (C=O) groups is 2. The third kappa shape index (κ3) is 5.90. The molecular formula is C30H37N3O5S. The lowest BCUT2D eigenvalue weighted by atomic mass is 9.87. The summed E-state index contributed by atoms with van der Waals surface area (Å²) in [5.41, 5.74) is 2.69. The van der Waals surface area contributed by atoms with Crippen LogP contribution in [0.4, 0.5) is 10.6 Å². The van der Waals surface area contributed by atoms with Crippen LogP contribution in [0.1, 0.15) is 55.1 Å². The van der Waals surface area contributed by atoms with Crippen molar-refractivity contribution in [1.29, 1.82) is 0 Å². The Balaban J connectivity index is 1.44. The van der Waals surface area contributed by atoms with Crippen molar-refractivity contribution in [3.63, 3.8) is 0 Å². The summed E-state index contributed by atoms with van der Waals surface area (Å²) in [5, 5.41) is 0.817. The second-order valence-electron chi connectivity index (χ2n) is 11.6. The molecule has 0 radical (unpaired) electrons. The van der Waals surface area contributed by atoms with Crippen molar-refractivity contribution in [2.75, 3.05) is 30.3 Å². The number of nitrogens with zero attached hydrogens (tertiary/aromatic N) is 3. The maximum Gasteiger partial charge on any atom is 0.410 e. The van der Waals surface area contributed by atoms with E-state index in [0.717, 1.165) is 22.0 Å². The van der Waals surface area contributed by atoms with Crippen molar-refractivity contribution in [2.24, 2.45) is 5.92 Å². The van der Waals surface area contributed by atoms with Crippen LogP contribution in [0.25, 0.3) is 10.9 Å². The number of fused-ring (bicyclic) bond motifs is 2. The predicted octanol–water partition coefficient (Wildman–Crippen LogP) is 6.50. The van der Waals surface area contributed by atoms with Crippen molar-refractivity contribution >= 4 is 39.2 Å². The van der Waals surface area contributed by atoms with Gasteiger partial charge in [-0.15, -0.1) is 0 Å². The molecule has 0 bridgehead atoms. The standard InChI is InChI=1S/C30H37N3O5S/c1-20-9-10-25-23(17-20)24(28(34)21-11-13-32(14-12-21)29(35)38-30(2,3)4)18-27(31-25)33-15-16-39(36,37)26-8-6-5-7-22(26)19-33/h5-10,17-18,21,36-37H,11-16,19H2,1-4H3. The van der Waals surface area contributed by atoms with Crippen LogP contribution in [0.5, 0.6) is 0 Å². The number of aryl methyl sites for hydroxylation is 1. The first-order valence-electron chi connectivity index (χ1n) is 13.4. The van der Waals surface area contributed by atoms with Crippen molar-refractivity contribution in [1.82, 2.24) is 9.88 Å². The maximum atomic E-state index is 14.0. The van der Waals surface area contributed by atoms with Crippen LogP contribution in [0.3, 0.4) is 0 Å². The summed E-state index contributed by atoms with van der Waals surface area (Å²) in [6, 6.07) is 15.2. The summed E-state index contributed by atoms with van der Waals surface area (Å²) < 4.78 is 27.1. The lowest BCUT2D eigenvalue weighted by molar-refractivity contribution is 0.0182. The highest BCUT2D eigenvalue weighted by Gasteiger charge is 2.32. The van der Waals surface area contributed by atoms with Crippen molar-refractivity contribution in [2.45, 2.75) is 57.6 Å². The van der Waals surface area contributed by atoms with Crippen LogP contribution < -0.4 is 4.90 Å². The number of benzene rings is 2. The van der Waals surface area contributed by atoms with Gasteiger partial charge in [0.15, 0.2) is 5.78 Å². The van der Waals surface area contributed by atoms with E-state index in [-0.39, 0.29) is 23.5 Å². The van der Waals surface area contributed by atoms with E-state index >= 15 is 0 Å². The van der Waals surface area contributed by atoms with Crippen LogP contribution in [-0.4, -0.2) is 61.9 Å². The zero-order valence-electron chi connectivity index (χ0n) is 23.0. The van der Waals surface area contributed by atoms with Gasteiger partial charge in [0, 0.05) is 43.0 Å². The van der Waals surface area contributed by atoms with E-state index in [1.807, 2.05) is 75.1 Å². The Morgan fingerprint density at radius 1 is 1.03 bits per heavy atom. The second kappa shape index (κ2) is 10.4. The molecule has 2 N–H and O–H groups in total. The zero-order chi connectivity index (χ0) is 27.9. The molecule has 1 amide bonds. The van der Waals surface area contributed by atoms with Gasteiger partial charge in [-0.25, -0.2) is 9.78 Å². The fourth-order valence-electron chi connectivity index (χ4n) is 5.34. The molecule has 3 aromatic rings. The Morgan fingerprint density at radius 3 is 2.46 bits per heavy atom. The Bertz CT molecular complexity index is 1410. The molecule has 2 aliphatic rings. The third-order valence-corrected chi connectivity index (χ3v) is 9.24. The maximum absolute atomic E-state index is 14.0. The number of hydrogen-bond acceptors (Lipinski definition) is 7. The number of ether oxygens (including phenoxy) is 1. The van der Waals surface area contributed by atoms with E-state index in [9.17, 15) is 18.7 Å². The summed E-state index contributed by atoms with van der Waals surface area (Å²) in [5.74, 6) is 0.689. The fraction of sp³-hybridized carbons (Fsp3) is 0.433. The molecule has 0 aliphatic carbocycles. The number of piperidine rings is 1. The van der Waals surface area contributed by atoms with Gasteiger partial charge in [0.2, 0.25) is 0 Å². The number of amides is 1. The average Bonchev–Trinajstić information content (AvgIpc) is 3.02. The number of aromatic nitrogens is 1. The third-order valence-electron chi connectivity index (χ3n) is 7.39. The molecule has 1 fully saturated rings. The van der Waals surface area contributed by atoms with E-state index in [1.165, 1.54) is 0 Å². The second-order valence-corrected chi connectivity index (χ2v) is 13.7. The smallest absolute Gasteiger partial charge is 0.410 e.